The normalized spacial score (nSPS) is 14.5. The van der Waals surface area contributed by atoms with Gasteiger partial charge in [0, 0.05) is 33.4 Å². The summed E-state index contributed by atoms with van der Waals surface area (Å²) in [6.07, 6.45) is 4.29. The SMILES string of the molecule is CCc1nc2c(nc1CC)-c1nc-2nc2[n-]c(nc3nc(nc4[n-]c(n1)c1nc(CC)c(CC)nc41)C(C)(C)C3(C)C)c1nc(CC)c(CC)nc21.[Ni+2]. The zero-order valence-corrected chi connectivity index (χ0v) is 32.8. The van der Waals surface area contributed by atoms with Crippen LogP contribution >= 0.6 is 0 Å². The van der Waals surface area contributed by atoms with Gasteiger partial charge in [0.05, 0.1) is 45.8 Å². The van der Waals surface area contributed by atoms with Crippen LogP contribution in [-0.2, 0) is 65.8 Å². The molecule has 0 amide bonds. The van der Waals surface area contributed by atoms with Crippen LogP contribution in [0.3, 0.4) is 0 Å². The third kappa shape index (κ3) is 5.49. The van der Waals surface area contributed by atoms with E-state index >= 15 is 0 Å². The molecule has 274 valence electrons. The molecule has 14 nitrogen and oxygen atoms in total. The quantitative estimate of drug-likeness (QED) is 0.186. The average Bonchev–Trinajstić information content (AvgIpc) is 3.81. The third-order valence-electron chi connectivity index (χ3n) is 10.8. The van der Waals surface area contributed by atoms with Crippen molar-refractivity contribution in [2.45, 2.75) is 119 Å². The Morgan fingerprint density at radius 2 is 0.642 bits per heavy atom. The van der Waals surface area contributed by atoms with Gasteiger partial charge >= 0.3 is 16.5 Å². The molecule has 8 heterocycles. The smallest absolute Gasteiger partial charge is 0.354 e. The molecule has 8 bridgehead atoms. The molecule has 2 aliphatic heterocycles. The Bertz CT molecular complexity index is 2450. The molecular weight excluding hydrogens is 711 g/mol. The van der Waals surface area contributed by atoms with Crippen LogP contribution < -0.4 is 9.97 Å². The van der Waals surface area contributed by atoms with Crippen LogP contribution in [0.25, 0.3) is 67.7 Å². The maximum Gasteiger partial charge on any atom is 2.00 e. The summed E-state index contributed by atoms with van der Waals surface area (Å²) in [6, 6.07) is 0. The van der Waals surface area contributed by atoms with Crippen molar-refractivity contribution >= 4 is 44.7 Å². The topological polar surface area (TPSA) is 183 Å². The first-order chi connectivity index (χ1) is 25.0. The van der Waals surface area contributed by atoms with Crippen LogP contribution in [0.1, 0.15) is 115 Å². The van der Waals surface area contributed by atoms with E-state index < -0.39 is 10.8 Å². The van der Waals surface area contributed by atoms with Crippen LogP contribution in [0.5, 0.6) is 0 Å². The minimum Gasteiger partial charge on any atom is -0.354 e. The average molecular weight is 754 g/mol. The molecule has 0 saturated carbocycles. The van der Waals surface area contributed by atoms with Gasteiger partial charge in [-0.15, -0.1) is 0 Å². The maximum absolute atomic E-state index is 5.13. The van der Waals surface area contributed by atoms with E-state index in [0.717, 1.165) is 47.0 Å². The van der Waals surface area contributed by atoms with E-state index in [1.165, 1.54) is 0 Å². The molecule has 6 aromatic heterocycles. The van der Waals surface area contributed by atoms with Crippen molar-refractivity contribution in [1.82, 2.24) is 69.8 Å². The summed E-state index contributed by atoms with van der Waals surface area (Å²) in [5.41, 5.74) is 9.04. The standard InChI is InChI=1S/C38H42N14.Ni/c1-11-17-18(12-2)40-24-23(39-17)29-45-30(24)47-32-26-28(44-22(16-6)20(14-4)42-26)34(49-32)51-36-38(9,10)37(7,8)35(52-36)50-33-27-25(31(46-29)48-33)41-19(13-3)21(15-5)43-27;/h11-16H2,1-10H3;/q-2;+2. The first-order valence-corrected chi connectivity index (χ1v) is 18.4. The Balaban J connectivity index is 0.00000435. The van der Waals surface area contributed by atoms with Crippen molar-refractivity contribution < 1.29 is 16.5 Å². The molecule has 8 rings (SSSR count). The molecule has 15 heteroatoms. The molecule has 0 aliphatic carbocycles. The molecule has 6 aromatic rings. The number of aryl methyl sites for hydroxylation is 6. The summed E-state index contributed by atoms with van der Waals surface area (Å²) < 4.78 is 0. The van der Waals surface area contributed by atoms with Gasteiger partial charge in [-0.3, -0.25) is 4.98 Å². The maximum atomic E-state index is 5.13. The first kappa shape index (κ1) is 36.5. The van der Waals surface area contributed by atoms with Crippen molar-refractivity contribution in [1.29, 1.82) is 0 Å². The summed E-state index contributed by atoms with van der Waals surface area (Å²) in [5.74, 6) is 1.82. The van der Waals surface area contributed by atoms with Crippen LogP contribution in [0.15, 0.2) is 0 Å². The molecule has 0 aromatic carbocycles. The van der Waals surface area contributed by atoms with E-state index in [-0.39, 0.29) is 16.5 Å². The van der Waals surface area contributed by atoms with Crippen molar-refractivity contribution in [2.24, 2.45) is 0 Å². The first-order valence-electron chi connectivity index (χ1n) is 18.4. The Labute approximate surface area is 317 Å². The second-order valence-corrected chi connectivity index (χ2v) is 14.3. The largest absolute Gasteiger partial charge is 2.00 e. The van der Waals surface area contributed by atoms with Crippen LogP contribution in [0, 0.1) is 0 Å². The van der Waals surface area contributed by atoms with Gasteiger partial charge in [-0.05, 0) is 38.5 Å². The molecule has 0 saturated heterocycles. The number of nitrogens with zero attached hydrogens (tertiary/aromatic N) is 14. The van der Waals surface area contributed by atoms with Gasteiger partial charge < -0.3 is 29.9 Å². The summed E-state index contributed by atoms with van der Waals surface area (Å²) in [7, 11) is 0. The second-order valence-electron chi connectivity index (χ2n) is 14.3. The van der Waals surface area contributed by atoms with Crippen molar-refractivity contribution in [3.05, 3.63) is 45.8 Å². The van der Waals surface area contributed by atoms with Crippen molar-refractivity contribution in [2.75, 3.05) is 0 Å². The fourth-order valence-electron chi connectivity index (χ4n) is 6.90. The molecular formula is C38H42N14Ni. The van der Waals surface area contributed by atoms with Gasteiger partial charge in [0.25, 0.3) is 0 Å². The molecule has 0 radical (unpaired) electrons. The summed E-state index contributed by atoms with van der Waals surface area (Å²) in [4.78, 5) is 70.8. The van der Waals surface area contributed by atoms with Gasteiger partial charge in [-0.2, -0.15) is 0 Å². The molecule has 0 fully saturated rings. The van der Waals surface area contributed by atoms with Gasteiger partial charge in [-0.25, -0.2) is 34.9 Å². The summed E-state index contributed by atoms with van der Waals surface area (Å²) in [6.45, 7) is 20.9. The predicted octanol–water partition coefficient (Wildman–Crippen LogP) is 5.79. The number of rotatable bonds is 6. The molecule has 2 aliphatic rings. The van der Waals surface area contributed by atoms with Gasteiger partial charge in [0.1, 0.15) is 45.1 Å². The molecule has 0 atom stereocenters. The van der Waals surface area contributed by atoms with Gasteiger partial charge in [0.2, 0.25) is 0 Å². The molecule has 0 spiro atoms. The number of hydrogen-bond donors (Lipinski definition) is 0. The molecule has 53 heavy (non-hydrogen) atoms. The predicted molar refractivity (Wildman–Crippen MR) is 199 cm³/mol. The Kier molecular flexibility index (Phi) is 9.07. The van der Waals surface area contributed by atoms with E-state index in [1.54, 1.807) is 0 Å². The second kappa shape index (κ2) is 13.2. The van der Waals surface area contributed by atoms with E-state index in [2.05, 4.69) is 69.2 Å². The fraction of sp³-hybridized carbons (Fsp3) is 0.474. The molecule has 0 unspecified atom stereocenters. The van der Waals surface area contributed by atoms with Crippen molar-refractivity contribution in [3.63, 3.8) is 0 Å². The minimum atomic E-state index is -0.543. The summed E-state index contributed by atoms with van der Waals surface area (Å²) in [5, 5.41) is 0. The minimum absolute atomic E-state index is 0. The van der Waals surface area contributed by atoms with Crippen LogP contribution in [-0.4, -0.2) is 59.8 Å². The van der Waals surface area contributed by atoms with Gasteiger partial charge in [-0.1, -0.05) is 69.2 Å². The van der Waals surface area contributed by atoms with Crippen LogP contribution in [0.4, 0.5) is 0 Å². The number of fused-ring (bicyclic) bond motifs is 17. The van der Waals surface area contributed by atoms with E-state index in [0.29, 0.717) is 105 Å². The number of aromatic nitrogens is 14. The Morgan fingerprint density at radius 3 is 0.943 bits per heavy atom. The zero-order valence-electron chi connectivity index (χ0n) is 31.8. The van der Waals surface area contributed by atoms with E-state index in [1.807, 2.05) is 0 Å². The molecule has 0 N–H and O–H groups in total. The third-order valence-corrected chi connectivity index (χ3v) is 10.8. The van der Waals surface area contributed by atoms with E-state index in [9.17, 15) is 0 Å². The van der Waals surface area contributed by atoms with E-state index in [4.69, 9.17) is 69.8 Å². The van der Waals surface area contributed by atoms with Crippen molar-refractivity contribution in [3.8, 4) is 23.0 Å². The number of hydrogen-bond acceptors (Lipinski definition) is 12. The zero-order chi connectivity index (χ0) is 36.7. The Hall–Kier alpha value is -4.91. The van der Waals surface area contributed by atoms with Crippen LogP contribution in [0.2, 0.25) is 0 Å². The Morgan fingerprint density at radius 1 is 0.358 bits per heavy atom. The fourth-order valence-corrected chi connectivity index (χ4v) is 6.90. The summed E-state index contributed by atoms with van der Waals surface area (Å²) >= 11 is 0. The van der Waals surface area contributed by atoms with Gasteiger partial charge in [0.15, 0.2) is 0 Å². The monoisotopic (exact) mass is 752 g/mol.